The van der Waals surface area contributed by atoms with E-state index in [0.717, 1.165) is 23.7 Å². The van der Waals surface area contributed by atoms with Gasteiger partial charge < -0.3 is 4.52 Å². The highest BCUT2D eigenvalue weighted by Gasteiger charge is 2.10. The molecule has 0 N–H and O–H groups in total. The molecule has 0 saturated carbocycles. The number of nitrogens with zero attached hydrogens (tertiary/aromatic N) is 4. The lowest BCUT2D eigenvalue weighted by molar-refractivity contribution is 0.298. The van der Waals surface area contributed by atoms with Gasteiger partial charge in [0, 0.05) is 24.4 Å². The summed E-state index contributed by atoms with van der Waals surface area (Å²) < 4.78 is 5.00. The summed E-state index contributed by atoms with van der Waals surface area (Å²) in [5.74, 6) is 1.30. The quantitative estimate of drug-likeness (QED) is 0.690. The van der Waals surface area contributed by atoms with Crippen molar-refractivity contribution in [2.24, 2.45) is 0 Å². The molecule has 0 saturated heterocycles. The van der Waals surface area contributed by atoms with Crippen molar-refractivity contribution in [3.05, 3.63) is 52.6 Å². The van der Waals surface area contributed by atoms with Crippen LogP contribution >= 0.6 is 11.3 Å². The molecular weight excluding hydrogens is 308 g/mol. The highest BCUT2D eigenvalue weighted by molar-refractivity contribution is 7.13. The van der Waals surface area contributed by atoms with Gasteiger partial charge in [0.2, 0.25) is 5.89 Å². The van der Waals surface area contributed by atoms with Gasteiger partial charge in [0.25, 0.3) is 0 Å². The largest absolute Gasteiger partial charge is 0.340 e. The highest BCUT2D eigenvalue weighted by Crippen LogP contribution is 2.24. The summed E-state index contributed by atoms with van der Waals surface area (Å²) in [5.41, 5.74) is 3.59. The van der Waals surface area contributed by atoms with Gasteiger partial charge in [-0.2, -0.15) is 4.98 Å². The maximum Gasteiger partial charge on any atom is 0.223 e. The molecule has 120 valence electrons. The molecule has 6 heteroatoms. The Morgan fingerprint density at radius 1 is 1.13 bits per heavy atom. The number of hydrogen-bond acceptors (Lipinski definition) is 6. The third kappa shape index (κ3) is 4.03. The van der Waals surface area contributed by atoms with E-state index in [0.29, 0.717) is 18.3 Å². The summed E-state index contributed by atoms with van der Waals surface area (Å²) in [6, 6.07) is 8.63. The topological polar surface area (TPSA) is 55.1 Å². The molecule has 0 aliphatic carbocycles. The molecule has 0 bridgehead atoms. The van der Waals surface area contributed by atoms with Crippen molar-refractivity contribution in [1.29, 1.82) is 0 Å². The van der Waals surface area contributed by atoms with Crippen LogP contribution in [0.2, 0.25) is 0 Å². The molecule has 0 atom stereocenters. The molecule has 0 radical (unpaired) electrons. The minimum atomic E-state index is 0.597. The van der Waals surface area contributed by atoms with Gasteiger partial charge in [0.1, 0.15) is 5.01 Å². The molecular formula is C17H20N4OS. The SMILES string of the molecule is CCc1ccc(-c2nc(CN(C)Cc3noc(C)n3)cs2)cc1. The van der Waals surface area contributed by atoms with E-state index >= 15 is 0 Å². The molecule has 5 nitrogen and oxygen atoms in total. The van der Waals surface area contributed by atoms with Crippen LogP contribution in [0.3, 0.4) is 0 Å². The molecule has 0 spiro atoms. The lowest BCUT2D eigenvalue weighted by atomic mass is 10.1. The minimum Gasteiger partial charge on any atom is -0.340 e. The van der Waals surface area contributed by atoms with Gasteiger partial charge in [-0.05, 0) is 19.0 Å². The van der Waals surface area contributed by atoms with Crippen molar-refractivity contribution in [2.45, 2.75) is 33.4 Å². The van der Waals surface area contributed by atoms with Gasteiger partial charge in [0.15, 0.2) is 5.82 Å². The molecule has 2 aromatic heterocycles. The van der Waals surface area contributed by atoms with Gasteiger partial charge >= 0.3 is 0 Å². The van der Waals surface area contributed by atoms with E-state index in [4.69, 9.17) is 9.51 Å². The molecule has 0 aliphatic heterocycles. The van der Waals surface area contributed by atoms with E-state index in [1.54, 1.807) is 18.3 Å². The monoisotopic (exact) mass is 328 g/mol. The Labute approximate surface area is 140 Å². The maximum absolute atomic E-state index is 5.00. The van der Waals surface area contributed by atoms with Crippen LogP contribution in [0.5, 0.6) is 0 Å². The van der Waals surface area contributed by atoms with Crippen molar-refractivity contribution in [3.63, 3.8) is 0 Å². The third-order valence-corrected chi connectivity index (χ3v) is 4.51. The zero-order valence-corrected chi connectivity index (χ0v) is 14.4. The van der Waals surface area contributed by atoms with E-state index in [-0.39, 0.29) is 0 Å². The molecule has 23 heavy (non-hydrogen) atoms. The zero-order valence-electron chi connectivity index (χ0n) is 13.6. The maximum atomic E-state index is 5.00. The van der Waals surface area contributed by atoms with E-state index in [1.165, 1.54) is 11.1 Å². The molecule has 0 aliphatic rings. The summed E-state index contributed by atoms with van der Waals surface area (Å²) >= 11 is 1.68. The van der Waals surface area contributed by atoms with Crippen molar-refractivity contribution in [2.75, 3.05) is 7.05 Å². The second-order valence-corrected chi connectivity index (χ2v) is 6.45. The van der Waals surface area contributed by atoms with Crippen LogP contribution in [0.25, 0.3) is 10.6 Å². The number of hydrogen-bond donors (Lipinski definition) is 0. The zero-order chi connectivity index (χ0) is 16.2. The van der Waals surface area contributed by atoms with Gasteiger partial charge in [-0.1, -0.05) is 36.3 Å². The number of thiazole rings is 1. The smallest absolute Gasteiger partial charge is 0.223 e. The summed E-state index contributed by atoms with van der Waals surface area (Å²) in [6.07, 6.45) is 1.06. The van der Waals surface area contributed by atoms with Crippen molar-refractivity contribution in [1.82, 2.24) is 20.0 Å². The fourth-order valence-electron chi connectivity index (χ4n) is 2.37. The predicted octanol–water partition coefficient (Wildman–Crippen LogP) is 3.70. The Kier molecular flexibility index (Phi) is 4.83. The molecule has 3 rings (SSSR count). The molecule has 0 unspecified atom stereocenters. The summed E-state index contributed by atoms with van der Waals surface area (Å²) in [6.45, 7) is 5.37. The third-order valence-electron chi connectivity index (χ3n) is 3.57. The summed E-state index contributed by atoms with van der Waals surface area (Å²) in [5, 5.41) is 7.09. The Morgan fingerprint density at radius 3 is 2.57 bits per heavy atom. The molecule has 0 fully saturated rings. The first kappa shape index (κ1) is 15.8. The number of aryl methyl sites for hydroxylation is 2. The van der Waals surface area contributed by atoms with Crippen LogP contribution in [0.4, 0.5) is 0 Å². The summed E-state index contributed by atoms with van der Waals surface area (Å²) in [7, 11) is 2.03. The van der Waals surface area contributed by atoms with Crippen molar-refractivity contribution >= 4 is 11.3 Å². The minimum absolute atomic E-state index is 0.597. The standard InChI is InChI=1S/C17H20N4OS/c1-4-13-5-7-14(8-6-13)17-19-15(11-23-17)9-21(3)10-16-18-12(2)22-20-16/h5-8,11H,4,9-10H2,1-3H3. The Bertz CT molecular complexity index is 763. The Morgan fingerprint density at radius 2 is 1.91 bits per heavy atom. The van der Waals surface area contributed by atoms with Gasteiger partial charge in [0.05, 0.1) is 12.2 Å². The first-order chi connectivity index (χ1) is 11.1. The Balaban J connectivity index is 1.64. The molecule has 2 heterocycles. The van der Waals surface area contributed by atoms with Crippen LogP contribution in [-0.2, 0) is 19.5 Å². The first-order valence-corrected chi connectivity index (χ1v) is 8.53. The molecule has 3 aromatic rings. The summed E-state index contributed by atoms with van der Waals surface area (Å²) in [4.78, 5) is 11.1. The van der Waals surface area contributed by atoms with Gasteiger partial charge in [-0.25, -0.2) is 4.98 Å². The van der Waals surface area contributed by atoms with Crippen LogP contribution in [0.15, 0.2) is 34.2 Å². The van der Waals surface area contributed by atoms with E-state index in [2.05, 4.69) is 51.6 Å². The normalized spacial score (nSPS) is 11.3. The fourth-order valence-corrected chi connectivity index (χ4v) is 3.19. The van der Waals surface area contributed by atoms with Crippen molar-refractivity contribution in [3.8, 4) is 10.6 Å². The first-order valence-electron chi connectivity index (χ1n) is 7.65. The number of benzene rings is 1. The average Bonchev–Trinajstić information content (AvgIpc) is 3.16. The lowest BCUT2D eigenvalue weighted by Gasteiger charge is -2.12. The number of aromatic nitrogens is 3. The molecule has 1 aromatic carbocycles. The molecule has 0 amide bonds. The van der Waals surface area contributed by atoms with E-state index in [9.17, 15) is 0 Å². The van der Waals surface area contributed by atoms with Crippen LogP contribution in [0.1, 0.15) is 29.9 Å². The predicted molar refractivity (Wildman–Crippen MR) is 91.1 cm³/mol. The van der Waals surface area contributed by atoms with Crippen molar-refractivity contribution < 1.29 is 4.52 Å². The van der Waals surface area contributed by atoms with Crippen LogP contribution in [-0.4, -0.2) is 27.1 Å². The average molecular weight is 328 g/mol. The lowest BCUT2D eigenvalue weighted by Crippen LogP contribution is -2.18. The second kappa shape index (κ2) is 7.02. The highest BCUT2D eigenvalue weighted by atomic mass is 32.1. The van der Waals surface area contributed by atoms with Crippen LogP contribution < -0.4 is 0 Å². The van der Waals surface area contributed by atoms with Crippen LogP contribution in [0, 0.1) is 6.92 Å². The van der Waals surface area contributed by atoms with Gasteiger partial charge in [-0.3, -0.25) is 4.90 Å². The fraction of sp³-hybridized carbons (Fsp3) is 0.353. The Hall–Kier alpha value is -2.05. The van der Waals surface area contributed by atoms with E-state index < -0.39 is 0 Å². The van der Waals surface area contributed by atoms with E-state index in [1.807, 2.05) is 7.05 Å². The number of rotatable bonds is 6. The van der Waals surface area contributed by atoms with Gasteiger partial charge in [-0.15, -0.1) is 11.3 Å². The second-order valence-electron chi connectivity index (χ2n) is 5.60.